The minimum absolute atomic E-state index is 0.106. The summed E-state index contributed by atoms with van der Waals surface area (Å²) in [6.45, 7) is 0. The van der Waals surface area contributed by atoms with Gasteiger partial charge in [0.1, 0.15) is 15.6 Å². The van der Waals surface area contributed by atoms with Crippen molar-refractivity contribution in [2.45, 2.75) is 18.9 Å². The van der Waals surface area contributed by atoms with Crippen molar-refractivity contribution in [2.24, 2.45) is 0 Å². The van der Waals surface area contributed by atoms with E-state index in [1.165, 1.54) is 6.26 Å². The average Bonchev–Trinajstić information content (AvgIpc) is 2.44. The van der Waals surface area contributed by atoms with E-state index >= 15 is 0 Å². The highest BCUT2D eigenvalue weighted by Crippen LogP contribution is 2.26. The smallest absolute Gasteiger partial charge is 0.147 e. The van der Waals surface area contributed by atoms with Gasteiger partial charge in [-0.25, -0.2) is 8.42 Å². The van der Waals surface area contributed by atoms with Gasteiger partial charge in [0.05, 0.1) is 13.2 Å². The van der Waals surface area contributed by atoms with Crippen LogP contribution in [0.15, 0.2) is 36.4 Å². The van der Waals surface area contributed by atoms with Crippen LogP contribution in [0.25, 0.3) is 10.8 Å². The summed E-state index contributed by atoms with van der Waals surface area (Å²) >= 11 is 0. The average molecular weight is 308 g/mol. The van der Waals surface area contributed by atoms with Gasteiger partial charge in [0.25, 0.3) is 0 Å². The van der Waals surface area contributed by atoms with E-state index in [0.717, 1.165) is 22.1 Å². The Kier molecular flexibility index (Phi) is 4.85. The zero-order chi connectivity index (χ0) is 15.5. The SMILES string of the molecule is COc1ccc2cc(C(O)CCCS(C)(=O)=O)ccc2c1. The van der Waals surface area contributed by atoms with Gasteiger partial charge < -0.3 is 9.84 Å². The first kappa shape index (κ1) is 15.8. The number of benzene rings is 2. The van der Waals surface area contributed by atoms with Gasteiger partial charge in [-0.2, -0.15) is 0 Å². The Bertz CT molecular complexity index is 722. The van der Waals surface area contributed by atoms with E-state index in [9.17, 15) is 13.5 Å². The van der Waals surface area contributed by atoms with Crippen LogP contribution in [-0.2, 0) is 9.84 Å². The van der Waals surface area contributed by atoms with E-state index in [-0.39, 0.29) is 5.75 Å². The molecule has 1 unspecified atom stereocenters. The highest BCUT2D eigenvalue weighted by molar-refractivity contribution is 7.90. The third-order valence-corrected chi connectivity index (χ3v) is 4.48. The molecule has 114 valence electrons. The molecule has 0 fully saturated rings. The van der Waals surface area contributed by atoms with E-state index in [2.05, 4.69) is 0 Å². The third-order valence-electron chi connectivity index (χ3n) is 3.45. The number of aliphatic hydroxyl groups is 1. The number of rotatable bonds is 6. The maximum absolute atomic E-state index is 11.1. The molecule has 0 spiro atoms. The van der Waals surface area contributed by atoms with E-state index in [4.69, 9.17) is 4.74 Å². The second kappa shape index (κ2) is 6.45. The van der Waals surface area contributed by atoms with Crippen LogP contribution in [0.1, 0.15) is 24.5 Å². The minimum Gasteiger partial charge on any atom is -0.497 e. The first-order valence-corrected chi connectivity index (χ1v) is 8.88. The van der Waals surface area contributed by atoms with Gasteiger partial charge in [-0.05, 0) is 47.4 Å². The lowest BCUT2D eigenvalue weighted by Crippen LogP contribution is -2.05. The van der Waals surface area contributed by atoms with Crippen LogP contribution in [0.5, 0.6) is 5.75 Å². The number of methoxy groups -OCH3 is 1. The molecule has 0 aliphatic carbocycles. The van der Waals surface area contributed by atoms with Crippen molar-refractivity contribution < 1.29 is 18.3 Å². The fourth-order valence-corrected chi connectivity index (χ4v) is 2.97. The molecule has 5 heteroatoms. The van der Waals surface area contributed by atoms with Crippen molar-refractivity contribution in [2.75, 3.05) is 19.1 Å². The van der Waals surface area contributed by atoms with Crippen LogP contribution in [0.4, 0.5) is 0 Å². The molecule has 2 rings (SSSR count). The molecule has 0 bridgehead atoms. The molecule has 2 aromatic rings. The molecule has 0 aliphatic heterocycles. The molecule has 1 N–H and O–H groups in total. The largest absolute Gasteiger partial charge is 0.497 e. The normalized spacial score (nSPS) is 13.3. The quantitative estimate of drug-likeness (QED) is 0.891. The van der Waals surface area contributed by atoms with Crippen LogP contribution in [0.2, 0.25) is 0 Å². The maximum Gasteiger partial charge on any atom is 0.147 e. The van der Waals surface area contributed by atoms with E-state index in [1.807, 2.05) is 36.4 Å². The molecule has 0 saturated carbocycles. The fraction of sp³-hybridized carbons (Fsp3) is 0.375. The minimum atomic E-state index is -2.97. The zero-order valence-electron chi connectivity index (χ0n) is 12.2. The second-order valence-electron chi connectivity index (χ2n) is 5.26. The summed E-state index contributed by atoms with van der Waals surface area (Å²) in [5.41, 5.74) is 0.807. The first-order chi connectivity index (χ1) is 9.89. The Morgan fingerprint density at radius 2 is 1.81 bits per heavy atom. The lowest BCUT2D eigenvalue weighted by Gasteiger charge is -2.12. The zero-order valence-corrected chi connectivity index (χ0v) is 13.1. The summed E-state index contributed by atoms with van der Waals surface area (Å²) in [5, 5.41) is 12.2. The van der Waals surface area contributed by atoms with Crippen molar-refractivity contribution in [3.05, 3.63) is 42.0 Å². The van der Waals surface area contributed by atoms with Gasteiger partial charge in [-0.15, -0.1) is 0 Å². The molecule has 21 heavy (non-hydrogen) atoms. The van der Waals surface area contributed by atoms with Gasteiger partial charge in [0.15, 0.2) is 0 Å². The van der Waals surface area contributed by atoms with Crippen molar-refractivity contribution in [1.82, 2.24) is 0 Å². The van der Waals surface area contributed by atoms with Crippen LogP contribution in [-0.4, -0.2) is 32.6 Å². The number of aliphatic hydroxyl groups excluding tert-OH is 1. The van der Waals surface area contributed by atoms with Crippen molar-refractivity contribution >= 4 is 20.6 Å². The van der Waals surface area contributed by atoms with Crippen molar-refractivity contribution in [3.8, 4) is 5.75 Å². The topological polar surface area (TPSA) is 63.6 Å². The van der Waals surface area contributed by atoms with Crippen molar-refractivity contribution in [1.29, 1.82) is 0 Å². The molecular formula is C16H20O4S. The van der Waals surface area contributed by atoms with E-state index < -0.39 is 15.9 Å². The fourth-order valence-electron chi connectivity index (χ4n) is 2.28. The molecule has 4 nitrogen and oxygen atoms in total. The molecule has 0 heterocycles. The summed E-state index contributed by atoms with van der Waals surface area (Å²) in [7, 11) is -1.34. The predicted octanol–water partition coefficient (Wildman–Crippen LogP) is 2.71. The van der Waals surface area contributed by atoms with Crippen LogP contribution in [0.3, 0.4) is 0 Å². The molecule has 0 amide bonds. The Morgan fingerprint density at radius 3 is 2.48 bits per heavy atom. The van der Waals surface area contributed by atoms with Gasteiger partial charge in [0, 0.05) is 12.0 Å². The molecule has 1 atom stereocenters. The second-order valence-corrected chi connectivity index (χ2v) is 7.52. The van der Waals surface area contributed by atoms with Gasteiger partial charge >= 0.3 is 0 Å². The highest BCUT2D eigenvalue weighted by Gasteiger charge is 2.10. The third kappa shape index (κ3) is 4.44. The van der Waals surface area contributed by atoms with Gasteiger partial charge in [-0.3, -0.25) is 0 Å². The van der Waals surface area contributed by atoms with Gasteiger partial charge in [-0.1, -0.05) is 18.2 Å². The molecule has 0 saturated heterocycles. The van der Waals surface area contributed by atoms with Crippen molar-refractivity contribution in [3.63, 3.8) is 0 Å². The van der Waals surface area contributed by atoms with Gasteiger partial charge in [0.2, 0.25) is 0 Å². The number of fused-ring (bicyclic) bond motifs is 1. The molecule has 2 aromatic carbocycles. The Hall–Kier alpha value is -1.59. The van der Waals surface area contributed by atoms with E-state index in [0.29, 0.717) is 12.8 Å². The van der Waals surface area contributed by atoms with E-state index in [1.54, 1.807) is 7.11 Å². The lowest BCUT2D eigenvalue weighted by atomic mass is 10.0. The summed E-state index contributed by atoms with van der Waals surface area (Å²) in [6, 6.07) is 11.5. The Labute approximate surface area is 125 Å². The first-order valence-electron chi connectivity index (χ1n) is 6.82. The molecule has 0 aromatic heterocycles. The Balaban J connectivity index is 2.11. The molecular weight excluding hydrogens is 288 g/mol. The van der Waals surface area contributed by atoms with Crippen LogP contribution < -0.4 is 4.74 Å². The number of ether oxygens (including phenoxy) is 1. The summed E-state index contributed by atoms with van der Waals surface area (Å²) in [4.78, 5) is 0. The summed E-state index contributed by atoms with van der Waals surface area (Å²) < 4.78 is 27.4. The van der Waals surface area contributed by atoms with Crippen LogP contribution in [0, 0.1) is 0 Å². The number of sulfone groups is 1. The summed E-state index contributed by atoms with van der Waals surface area (Å²) in [6.07, 6.45) is 1.47. The predicted molar refractivity (Wildman–Crippen MR) is 84.4 cm³/mol. The van der Waals surface area contributed by atoms with Crippen LogP contribution >= 0.6 is 0 Å². The lowest BCUT2D eigenvalue weighted by molar-refractivity contribution is 0.167. The highest BCUT2D eigenvalue weighted by atomic mass is 32.2. The Morgan fingerprint density at radius 1 is 1.14 bits per heavy atom. The molecule has 0 aliphatic rings. The summed E-state index contributed by atoms with van der Waals surface area (Å²) in [5.74, 6) is 0.901. The maximum atomic E-state index is 11.1. The standard InChI is InChI=1S/C16H20O4S/c1-20-15-8-7-12-10-14(6-5-13(12)11-15)16(17)4-3-9-21(2,18)19/h5-8,10-11,16-17H,3-4,9H2,1-2H3. The number of hydrogen-bond donors (Lipinski definition) is 1. The number of hydrogen-bond acceptors (Lipinski definition) is 4. The monoisotopic (exact) mass is 308 g/mol. The molecule has 0 radical (unpaired) electrons.